The minimum atomic E-state index is -0.304. The maximum absolute atomic E-state index is 11.6. The number of anilines is 1. The number of likely N-dealkylation sites (tertiary alicyclic amines) is 1. The van der Waals surface area contributed by atoms with Crippen molar-refractivity contribution in [3.8, 4) is 11.4 Å². The van der Waals surface area contributed by atoms with E-state index in [0.29, 0.717) is 23.5 Å². The number of methoxy groups -OCH3 is 1. The Kier molecular flexibility index (Phi) is 9.97. The van der Waals surface area contributed by atoms with Crippen LogP contribution in [-0.2, 0) is 9.53 Å². The summed E-state index contributed by atoms with van der Waals surface area (Å²) in [7, 11) is 3.82. The number of amides is 1. The van der Waals surface area contributed by atoms with Gasteiger partial charge in [-0.1, -0.05) is 6.58 Å². The summed E-state index contributed by atoms with van der Waals surface area (Å²) in [5.41, 5.74) is 2.38. The predicted molar refractivity (Wildman–Crippen MR) is 137 cm³/mol. The van der Waals surface area contributed by atoms with Crippen LogP contribution in [0.3, 0.4) is 0 Å². The Morgan fingerprint density at radius 1 is 1.20 bits per heavy atom. The molecular formula is C26H32N6O3. The highest BCUT2D eigenvalue weighted by atomic mass is 16.5. The molecule has 0 saturated carbocycles. The smallest absolute Gasteiger partial charge is 0.247 e. The summed E-state index contributed by atoms with van der Waals surface area (Å²) < 4.78 is 5.04. The van der Waals surface area contributed by atoms with Crippen molar-refractivity contribution in [1.29, 1.82) is 0 Å². The number of nitrogens with one attached hydrogen (secondary N) is 2. The zero-order valence-corrected chi connectivity index (χ0v) is 20.2. The molecule has 1 aromatic carbocycles. The molecule has 4 rings (SSSR count). The second-order valence-corrected chi connectivity index (χ2v) is 8.10. The number of aldehydes is 1. The number of benzene rings is 1. The number of aromatic nitrogens is 3. The number of hydrogen-bond acceptors (Lipinski definition) is 8. The Labute approximate surface area is 205 Å². The van der Waals surface area contributed by atoms with Crippen molar-refractivity contribution in [2.75, 3.05) is 45.7 Å². The average Bonchev–Trinajstić information content (AvgIpc) is 2.92. The molecule has 2 aromatic heterocycles. The number of nitrogens with zero attached hydrogens (tertiary/aromatic N) is 4. The highest BCUT2D eigenvalue weighted by molar-refractivity contribution is 6.05. The molecule has 3 aromatic rings. The predicted octanol–water partition coefficient (Wildman–Crippen LogP) is 2.95. The molecule has 0 atom stereocenters. The molecule has 1 amide bonds. The minimum Gasteiger partial charge on any atom is -0.383 e. The number of fused-ring (bicyclic) bond motifs is 1. The van der Waals surface area contributed by atoms with Crippen molar-refractivity contribution < 1.29 is 14.3 Å². The maximum atomic E-state index is 11.6. The molecule has 3 heterocycles. The summed E-state index contributed by atoms with van der Waals surface area (Å²) >= 11 is 0. The molecule has 1 aliphatic heterocycles. The van der Waals surface area contributed by atoms with Crippen LogP contribution in [0.1, 0.15) is 23.3 Å². The van der Waals surface area contributed by atoms with E-state index < -0.39 is 0 Å². The second kappa shape index (κ2) is 13.4. The van der Waals surface area contributed by atoms with Crippen molar-refractivity contribution in [3.05, 3.63) is 61.1 Å². The highest BCUT2D eigenvalue weighted by Crippen LogP contribution is 2.26. The molecule has 0 aliphatic carbocycles. The summed E-state index contributed by atoms with van der Waals surface area (Å²) in [6.07, 6.45) is 7.57. The number of ether oxygens (including phenoxy) is 1. The number of pyridine rings is 1. The van der Waals surface area contributed by atoms with Crippen molar-refractivity contribution in [3.63, 3.8) is 0 Å². The van der Waals surface area contributed by atoms with E-state index in [1.54, 1.807) is 19.4 Å². The monoisotopic (exact) mass is 476 g/mol. The molecule has 0 bridgehead atoms. The first-order valence-corrected chi connectivity index (χ1v) is 11.6. The fourth-order valence-corrected chi connectivity index (χ4v) is 3.82. The first kappa shape index (κ1) is 26.1. The molecule has 2 N–H and O–H groups in total. The third-order valence-corrected chi connectivity index (χ3v) is 5.85. The molecule has 1 fully saturated rings. The molecule has 184 valence electrons. The van der Waals surface area contributed by atoms with Crippen LogP contribution in [0.15, 0.2) is 55.4 Å². The number of hydrogen-bond donors (Lipinski definition) is 2. The summed E-state index contributed by atoms with van der Waals surface area (Å²) in [6.45, 7) is 7.83. The van der Waals surface area contributed by atoms with Gasteiger partial charge in [0.1, 0.15) is 5.69 Å². The third-order valence-electron chi connectivity index (χ3n) is 5.85. The van der Waals surface area contributed by atoms with Gasteiger partial charge in [-0.15, -0.1) is 0 Å². The van der Waals surface area contributed by atoms with E-state index in [1.165, 1.54) is 44.3 Å². The topological polar surface area (TPSA) is 109 Å². The van der Waals surface area contributed by atoms with E-state index in [1.807, 2.05) is 18.2 Å². The van der Waals surface area contributed by atoms with Crippen molar-refractivity contribution in [2.24, 2.45) is 0 Å². The third kappa shape index (κ3) is 7.48. The number of carbonyl (C=O) groups excluding carboxylic acids is 2. The number of carbonyl (C=O) groups is 2. The van der Waals surface area contributed by atoms with Gasteiger partial charge in [0.2, 0.25) is 5.91 Å². The van der Waals surface area contributed by atoms with Gasteiger partial charge in [0.05, 0.1) is 17.8 Å². The highest BCUT2D eigenvalue weighted by Gasteiger charge is 2.16. The van der Waals surface area contributed by atoms with E-state index in [9.17, 15) is 9.59 Å². The summed E-state index contributed by atoms with van der Waals surface area (Å²) in [5.74, 6) is 0.128. The molecule has 0 unspecified atom stereocenters. The van der Waals surface area contributed by atoms with Gasteiger partial charge in [-0.2, -0.15) is 0 Å². The van der Waals surface area contributed by atoms with Crippen LogP contribution < -0.4 is 10.6 Å². The summed E-state index contributed by atoms with van der Waals surface area (Å²) in [6, 6.07) is 9.43. The molecule has 0 radical (unpaired) electrons. The molecule has 1 aliphatic rings. The maximum Gasteiger partial charge on any atom is 0.247 e. The minimum absolute atomic E-state index is 0.304. The SMILES string of the molecule is C=CC(=O)Nc1ccnc2ccc(-c3nccc(C=O)n3)cc12.CNC1CCN(CCOC)CC1. The molecule has 9 nitrogen and oxygen atoms in total. The second-order valence-electron chi connectivity index (χ2n) is 8.10. The largest absolute Gasteiger partial charge is 0.383 e. The zero-order chi connectivity index (χ0) is 25.0. The van der Waals surface area contributed by atoms with E-state index in [2.05, 4.69) is 44.1 Å². The van der Waals surface area contributed by atoms with E-state index in [-0.39, 0.29) is 5.91 Å². The van der Waals surface area contributed by atoms with Crippen molar-refractivity contribution in [1.82, 2.24) is 25.2 Å². The molecule has 0 spiro atoms. The first-order valence-electron chi connectivity index (χ1n) is 11.6. The summed E-state index contributed by atoms with van der Waals surface area (Å²) in [5, 5.41) is 6.81. The number of piperidine rings is 1. The van der Waals surface area contributed by atoms with Gasteiger partial charge in [-0.25, -0.2) is 9.97 Å². The van der Waals surface area contributed by atoms with Crippen molar-refractivity contribution in [2.45, 2.75) is 18.9 Å². The van der Waals surface area contributed by atoms with Crippen LogP contribution >= 0.6 is 0 Å². The Morgan fingerprint density at radius 2 is 1.97 bits per heavy atom. The Hall–Kier alpha value is -3.53. The van der Waals surface area contributed by atoms with Crippen LogP contribution in [0.4, 0.5) is 5.69 Å². The lowest BCUT2D eigenvalue weighted by Crippen LogP contribution is -2.42. The quantitative estimate of drug-likeness (QED) is 0.377. The van der Waals surface area contributed by atoms with E-state index in [0.717, 1.165) is 35.7 Å². The van der Waals surface area contributed by atoms with Gasteiger partial charge in [-0.3, -0.25) is 14.6 Å². The lowest BCUT2D eigenvalue weighted by atomic mass is 10.1. The molecule has 35 heavy (non-hydrogen) atoms. The zero-order valence-electron chi connectivity index (χ0n) is 20.2. The van der Waals surface area contributed by atoms with Crippen LogP contribution in [0.2, 0.25) is 0 Å². The van der Waals surface area contributed by atoms with Gasteiger partial charge in [0, 0.05) is 43.0 Å². The summed E-state index contributed by atoms with van der Waals surface area (Å²) in [4.78, 5) is 37.5. The average molecular weight is 477 g/mol. The van der Waals surface area contributed by atoms with Gasteiger partial charge in [0.25, 0.3) is 0 Å². The number of rotatable bonds is 8. The lowest BCUT2D eigenvalue weighted by Gasteiger charge is -2.31. The first-order chi connectivity index (χ1) is 17.1. The normalized spacial score (nSPS) is 14.1. The van der Waals surface area contributed by atoms with Gasteiger partial charge >= 0.3 is 0 Å². The standard InChI is InChI=1S/C17H12N4O2.C9H20N2O/c1-2-16(23)21-15-6-8-18-14-4-3-11(9-13(14)15)17-19-7-5-12(10-22)20-17;1-10-9-3-5-11(6-4-9)7-8-12-2/h2-10H,1H2,(H,18,21,23);9-10H,3-8H2,1-2H3. The van der Waals surface area contributed by atoms with Crippen LogP contribution in [0.25, 0.3) is 22.3 Å². The molecule has 9 heteroatoms. The van der Waals surface area contributed by atoms with Crippen LogP contribution in [0, 0.1) is 0 Å². The lowest BCUT2D eigenvalue weighted by molar-refractivity contribution is -0.111. The molecular weight excluding hydrogens is 444 g/mol. The Balaban J connectivity index is 0.000000241. The van der Waals surface area contributed by atoms with Crippen LogP contribution in [-0.4, -0.2) is 78.5 Å². The van der Waals surface area contributed by atoms with Gasteiger partial charge < -0.3 is 20.3 Å². The van der Waals surface area contributed by atoms with Crippen LogP contribution in [0.5, 0.6) is 0 Å². The molecule has 1 saturated heterocycles. The Bertz CT molecular complexity index is 1140. The van der Waals surface area contributed by atoms with Gasteiger partial charge in [0.15, 0.2) is 12.1 Å². The Morgan fingerprint density at radius 3 is 2.66 bits per heavy atom. The van der Waals surface area contributed by atoms with Crippen molar-refractivity contribution >= 4 is 28.8 Å². The van der Waals surface area contributed by atoms with Gasteiger partial charge in [-0.05, 0) is 69.4 Å². The fraction of sp³-hybridized carbons (Fsp3) is 0.346. The van der Waals surface area contributed by atoms with E-state index in [4.69, 9.17) is 4.74 Å². The fourth-order valence-electron chi connectivity index (χ4n) is 3.82. The van der Waals surface area contributed by atoms with E-state index >= 15 is 0 Å².